The van der Waals surface area contributed by atoms with Crippen molar-refractivity contribution in [3.8, 4) is 5.75 Å². The van der Waals surface area contributed by atoms with Gasteiger partial charge in [-0.05, 0) is 82.9 Å². The van der Waals surface area contributed by atoms with Crippen molar-refractivity contribution in [3.05, 3.63) is 86.7 Å². The molecule has 0 saturated carbocycles. The predicted octanol–water partition coefficient (Wildman–Crippen LogP) is 5.90. The number of methoxy groups -OCH3 is 1. The average molecular weight is 593 g/mol. The molecule has 2 heterocycles. The summed E-state index contributed by atoms with van der Waals surface area (Å²) >= 11 is 4.95. The van der Waals surface area contributed by atoms with Crippen molar-refractivity contribution in [2.45, 2.75) is 18.7 Å². The van der Waals surface area contributed by atoms with Crippen LogP contribution >= 0.6 is 27.7 Å². The minimum absolute atomic E-state index is 0.0174. The van der Waals surface area contributed by atoms with E-state index < -0.39 is 0 Å². The Balaban J connectivity index is 1.33. The third-order valence-corrected chi connectivity index (χ3v) is 8.85. The molecule has 3 aromatic rings. The van der Waals surface area contributed by atoms with E-state index in [-0.39, 0.29) is 18.4 Å². The van der Waals surface area contributed by atoms with Crippen LogP contribution in [-0.2, 0) is 9.59 Å². The first-order valence-corrected chi connectivity index (χ1v) is 14.2. The van der Waals surface area contributed by atoms with Crippen molar-refractivity contribution in [2.75, 3.05) is 49.6 Å². The molecule has 1 saturated heterocycles. The number of carbonyl (C=O) groups excluding carboxylic acids is 2. The molecule has 0 aromatic heterocycles. The number of ether oxygens (including phenoxy) is 1. The van der Waals surface area contributed by atoms with Gasteiger partial charge in [0, 0.05) is 36.8 Å². The molecule has 2 amide bonds. The molecule has 0 unspecified atom stereocenters. The molecule has 38 heavy (non-hydrogen) atoms. The maximum Gasteiger partial charge on any atom is 0.265 e. The Hall–Kier alpha value is -3.23. The molecule has 0 radical (unpaired) electrons. The monoisotopic (exact) mass is 591 g/mol. The lowest BCUT2D eigenvalue weighted by Crippen LogP contribution is -2.52. The molecule has 0 atom stereocenters. The SMILES string of the molecule is COc1ccc(C=C2Sc3ccccc3N(CC(=O)N3CCN(c4cccc(C)c4C)CC3)C2=O)cc1Br. The summed E-state index contributed by atoms with van der Waals surface area (Å²) in [5.74, 6) is 0.528. The summed E-state index contributed by atoms with van der Waals surface area (Å²) in [6, 6.07) is 19.8. The first kappa shape index (κ1) is 26.4. The van der Waals surface area contributed by atoms with Gasteiger partial charge in [-0.3, -0.25) is 14.5 Å². The fraction of sp³-hybridized carbons (Fsp3) is 0.267. The number of rotatable bonds is 5. The molecule has 0 aliphatic carbocycles. The summed E-state index contributed by atoms with van der Waals surface area (Å²) in [7, 11) is 1.62. The molecule has 5 rings (SSSR count). The third-order valence-electron chi connectivity index (χ3n) is 7.15. The largest absolute Gasteiger partial charge is 0.496 e. The lowest BCUT2D eigenvalue weighted by Gasteiger charge is -2.38. The standard InChI is InChI=1S/C30H30BrN3O3S/c1-20-7-6-9-24(21(20)2)32-13-15-33(16-14-32)29(35)19-34-25-8-4-5-10-27(25)38-28(30(34)36)18-22-11-12-26(37-3)23(31)17-22/h4-12,17-18H,13-16,19H2,1-3H3. The topological polar surface area (TPSA) is 53.1 Å². The minimum atomic E-state index is -0.164. The number of amides is 2. The van der Waals surface area contributed by atoms with Crippen molar-refractivity contribution >= 4 is 57.0 Å². The van der Waals surface area contributed by atoms with Crippen LogP contribution in [0.4, 0.5) is 11.4 Å². The van der Waals surface area contributed by atoms with Crippen LogP contribution in [0.1, 0.15) is 16.7 Å². The van der Waals surface area contributed by atoms with Gasteiger partial charge in [-0.2, -0.15) is 0 Å². The molecular formula is C30H30BrN3O3S. The van der Waals surface area contributed by atoms with Crippen molar-refractivity contribution in [3.63, 3.8) is 0 Å². The molecule has 2 aliphatic heterocycles. The van der Waals surface area contributed by atoms with Crippen LogP contribution in [0.2, 0.25) is 0 Å². The molecule has 8 heteroatoms. The van der Waals surface area contributed by atoms with E-state index >= 15 is 0 Å². The lowest BCUT2D eigenvalue weighted by atomic mass is 10.1. The van der Waals surface area contributed by atoms with E-state index in [0.29, 0.717) is 18.0 Å². The van der Waals surface area contributed by atoms with Crippen molar-refractivity contribution in [2.24, 2.45) is 0 Å². The van der Waals surface area contributed by atoms with Gasteiger partial charge in [-0.15, -0.1) is 0 Å². The maximum atomic E-state index is 13.6. The number of anilines is 2. The zero-order valence-electron chi connectivity index (χ0n) is 21.7. The van der Waals surface area contributed by atoms with Gasteiger partial charge in [-0.25, -0.2) is 0 Å². The summed E-state index contributed by atoms with van der Waals surface area (Å²) in [4.78, 5) is 34.5. The highest BCUT2D eigenvalue weighted by Crippen LogP contribution is 2.42. The van der Waals surface area contributed by atoms with Gasteiger partial charge in [0.05, 0.1) is 22.2 Å². The van der Waals surface area contributed by atoms with E-state index in [0.717, 1.165) is 39.5 Å². The van der Waals surface area contributed by atoms with Crippen LogP contribution in [0, 0.1) is 13.8 Å². The zero-order valence-corrected chi connectivity index (χ0v) is 24.1. The Labute approximate surface area is 236 Å². The number of thioether (sulfide) groups is 1. The second-order valence-corrected chi connectivity index (χ2v) is 11.4. The van der Waals surface area contributed by atoms with Crippen LogP contribution in [0.15, 0.2) is 74.9 Å². The number of carbonyl (C=O) groups is 2. The number of aryl methyl sites for hydroxylation is 1. The van der Waals surface area contributed by atoms with Gasteiger partial charge in [0.2, 0.25) is 5.91 Å². The summed E-state index contributed by atoms with van der Waals surface area (Å²) in [6.07, 6.45) is 1.87. The van der Waals surface area contributed by atoms with Crippen molar-refractivity contribution < 1.29 is 14.3 Å². The van der Waals surface area contributed by atoms with Crippen LogP contribution in [0.25, 0.3) is 6.08 Å². The highest BCUT2D eigenvalue weighted by Gasteiger charge is 2.32. The van der Waals surface area contributed by atoms with E-state index in [1.54, 1.807) is 12.0 Å². The summed E-state index contributed by atoms with van der Waals surface area (Å²) < 4.78 is 6.14. The van der Waals surface area contributed by atoms with Crippen LogP contribution < -0.4 is 14.5 Å². The quantitative estimate of drug-likeness (QED) is 0.346. The first-order valence-electron chi connectivity index (χ1n) is 12.6. The number of fused-ring (bicyclic) bond motifs is 1. The smallest absolute Gasteiger partial charge is 0.265 e. The zero-order chi connectivity index (χ0) is 26.8. The third kappa shape index (κ3) is 5.33. The minimum Gasteiger partial charge on any atom is -0.496 e. The molecule has 0 spiro atoms. The number of nitrogens with zero attached hydrogens (tertiary/aromatic N) is 3. The fourth-order valence-electron chi connectivity index (χ4n) is 4.85. The van der Waals surface area contributed by atoms with E-state index in [9.17, 15) is 9.59 Å². The van der Waals surface area contributed by atoms with Crippen molar-refractivity contribution in [1.82, 2.24) is 4.90 Å². The summed E-state index contributed by atoms with van der Waals surface area (Å²) in [5, 5.41) is 0. The van der Waals surface area contributed by atoms with Gasteiger partial charge in [0.25, 0.3) is 5.91 Å². The molecule has 2 aliphatic rings. The van der Waals surface area contributed by atoms with E-state index in [1.807, 2.05) is 53.4 Å². The van der Waals surface area contributed by atoms with Crippen LogP contribution in [0.3, 0.4) is 0 Å². The lowest BCUT2D eigenvalue weighted by molar-refractivity contribution is -0.131. The van der Waals surface area contributed by atoms with E-state index in [4.69, 9.17) is 4.74 Å². The van der Waals surface area contributed by atoms with Gasteiger partial charge >= 0.3 is 0 Å². The second-order valence-electron chi connectivity index (χ2n) is 9.45. The number of benzene rings is 3. The highest BCUT2D eigenvalue weighted by molar-refractivity contribution is 9.10. The summed E-state index contributed by atoms with van der Waals surface area (Å²) in [6.45, 7) is 7.10. The van der Waals surface area contributed by atoms with E-state index in [1.165, 1.54) is 28.6 Å². The Bertz CT molecular complexity index is 1420. The Morgan fingerprint density at radius 2 is 1.74 bits per heavy atom. The Morgan fingerprint density at radius 3 is 2.47 bits per heavy atom. The molecule has 196 valence electrons. The number of hydrogen-bond acceptors (Lipinski definition) is 5. The second kappa shape index (κ2) is 11.3. The summed E-state index contributed by atoms with van der Waals surface area (Å²) in [5.41, 5.74) is 5.43. The molecular weight excluding hydrogens is 562 g/mol. The number of hydrogen-bond donors (Lipinski definition) is 0. The molecule has 6 nitrogen and oxygen atoms in total. The van der Waals surface area contributed by atoms with Gasteiger partial charge < -0.3 is 14.5 Å². The normalized spacial score (nSPS) is 16.6. The maximum absolute atomic E-state index is 13.6. The van der Waals surface area contributed by atoms with Crippen LogP contribution in [-0.4, -0.2) is 56.5 Å². The van der Waals surface area contributed by atoms with E-state index in [2.05, 4.69) is 52.9 Å². The molecule has 0 N–H and O–H groups in total. The van der Waals surface area contributed by atoms with Gasteiger partial charge in [-0.1, -0.05) is 42.1 Å². The van der Waals surface area contributed by atoms with Crippen LogP contribution in [0.5, 0.6) is 5.75 Å². The number of halogens is 1. The number of para-hydroxylation sites is 1. The van der Waals surface area contributed by atoms with Gasteiger partial charge in [0.15, 0.2) is 0 Å². The Kier molecular flexibility index (Phi) is 7.81. The molecule has 0 bridgehead atoms. The first-order chi connectivity index (χ1) is 18.4. The highest BCUT2D eigenvalue weighted by atomic mass is 79.9. The van der Waals surface area contributed by atoms with Gasteiger partial charge in [0.1, 0.15) is 12.3 Å². The predicted molar refractivity (Wildman–Crippen MR) is 158 cm³/mol. The fourth-order valence-corrected chi connectivity index (χ4v) is 6.47. The van der Waals surface area contributed by atoms with Crippen molar-refractivity contribution in [1.29, 1.82) is 0 Å². The average Bonchev–Trinajstić information content (AvgIpc) is 2.92. The molecule has 1 fully saturated rings. The molecule has 3 aromatic carbocycles. The number of piperazine rings is 1. The Morgan fingerprint density at radius 1 is 1.00 bits per heavy atom.